The lowest BCUT2D eigenvalue weighted by Gasteiger charge is -2.42. The maximum absolute atomic E-state index is 12.8. The smallest absolute Gasteiger partial charge is 0.233 e. The largest absolute Gasteiger partial charge is 0.358 e. The Morgan fingerprint density at radius 2 is 1.71 bits per heavy atom. The molecule has 2 rings (SSSR count). The first-order chi connectivity index (χ1) is 10.1. The number of rotatable bonds is 4. The Kier molecular flexibility index (Phi) is 5.58. The monoisotopic (exact) mass is 296 g/mol. The van der Waals surface area contributed by atoms with Crippen molar-refractivity contribution in [2.45, 2.75) is 32.1 Å². The Labute approximate surface area is 127 Å². The van der Waals surface area contributed by atoms with E-state index in [0.717, 1.165) is 38.8 Å². The summed E-state index contributed by atoms with van der Waals surface area (Å²) in [5.74, 6) is 0.268. The molecular weight excluding hydrogens is 268 g/mol. The van der Waals surface area contributed by atoms with Crippen LogP contribution in [0.15, 0.2) is 0 Å². The van der Waals surface area contributed by atoms with E-state index in [4.69, 9.17) is 5.73 Å². The highest BCUT2D eigenvalue weighted by Gasteiger charge is 2.41. The number of hydrogen-bond acceptors (Lipinski definition) is 4. The fourth-order valence-electron chi connectivity index (χ4n) is 3.46. The summed E-state index contributed by atoms with van der Waals surface area (Å²) in [6.45, 7) is 3.82. The molecule has 2 aliphatic rings. The van der Waals surface area contributed by atoms with Gasteiger partial charge < -0.3 is 16.0 Å². The third kappa shape index (κ3) is 3.74. The molecule has 1 aliphatic heterocycles. The van der Waals surface area contributed by atoms with Crippen molar-refractivity contribution in [1.29, 1.82) is 0 Å². The zero-order chi connectivity index (χ0) is 15.3. The number of nitrogens with one attached hydrogen (secondary N) is 1. The van der Waals surface area contributed by atoms with Crippen LogP contribution in [-0.2, 0) is 9.59 Å². The van der Waals surface area contributed by atoms with Crippen molar-refractivity contribution in [3.05, 3.63) is 0 Å². The van der Waals surface area contributed by atoms with Crippen LogP contribution in [0.25, 0.3) is 0 Å². The Morgan fingerprint density at radius 3 is 2.24 bits per heavy atom. The van der Waals surface area contributed by atoms with E-state index in [1.807, 2.05) is 4.90 Å². The van der Waals surface area contributed by atoms with Gasteiger partial charge in [-0.1, -0.05) is 19.3 Å². The van der Waals surface area contributed by atoms with E-state index in [-0.39, 0.29) is 17.2 Å². The van der Waals surface area contributed by atoms with Crippen molar-refractivity contribution >= 4 is 11.8 Å². The number of likely N-dealkylation sites (N-methyl/N-ethyl adjacent to an activating group) is 1. The van der Waals surface area contributed by atoms with Crippen LogP contribution in [0.5, 0.6) is 0 Å². The first-order valence-corrected chi connectivity index (χ1v) is 8.04. The zero-order valence-electron chi connectivity index (χ0n) is 13.1. The highest BCUT2D eigenvalue weighted by Crippen LogP contribution is 2.37. The van der Waals surface area contributed by atoms with Gasteiger partial charge in [0.25, 0.3) is 0 Å². The molecule has 1 saturated carbocycles. The molecule has 0 unspecified atom stereocenters. The number of amides is 2. The summed E-state index contributed by atoms with van der Waals surface area (Å²) in [6.07, 6.45) is 5.30. The minimum Gasteiger partial charge on any atom is -0.358 e. The molecule has 2 fully saturated rings. The van der Waals surface area contributed by atoms with Crippen LogP contribution in [0.2, 0.25) is 0 Å². The summed E-state index contributed by atoms with van der Waals surface area (Å²) in [4.78, 5) is 28.3. The molecule has 1 heterocycles. The van der Waals surface area contributed by atoms with Crippen molar-refractivity contribution in [1.82, 2.24) is 15.1 Å². The average molecular weight is 296 g/mol. The molecule has 6 heteroatoms. The fourth-order valence-corrected chi connectivity index (χ4v) is 3.46. The molecule has 3 N–H and O–H groups in total. The van der Waals surface area contributed by atoms with E-state index < -0.39 is 0 Å². The predicted molar refractivity (Wildman–Crippen MR) is 81.7 cm³/mol. The number of nitrogens with two attached hydrogens (primary N) is 1. The van der Waals surface area contributed by atoms with E-state index in [1.54, 1.807) is 7.05 Å². The Bertz CT molecular complexity index is 372. The summed E-state index contributed by atoms with van der Waals surface area (Å²) in [6, 6.07) is 0. The van der Waals surface area contributed by atoms with Gasteiger partial charge in [0.15, 0.2) is 0 Å². The second-order valence-corrected chi connectivity index (χ2v) is 6.29. The Balaban J connectivity index is 1.88. The number of hydrogen-bond donors (Lipinski definition) is 2. The van der Waals surface area contributed by atoms with Crippen molar-refractivity contribution in [2.24, 2.45) is 11.1 Å². The van der Waals surface area contributed by atoms with Crippen molar-refractivity contribution in [2.75, 3.05) is 46.3 Å². The number of nitrogens with zero attached hydrogens (tertiary/aromatic N) is 2. The molecule has 1 aliphatic carbocycles. The van der Waals surface area contributed by atoms with Crippen LogP contribution in [-0.4, -0.2) is 67.9 Å². The van der Waals surface area contributed by atoms with Gasteiger partial charge in [-0.25, -0.2) is 0 Å². The van der Waals surface area contributed by atoms with Gasteiger partial charge >= 0.3 is 0 Å². The average Bonchev–Trinajstić information content (AvgIpc) is 2.55. The van der Waals surface area contributed by atoms with E-state index in [9.17, 15) is 9.59 Å². The second kappa shape index (κ2) is 7.22. The molecule has 0 aromatic heterocycles. The third-order valence-electron chi connectivity index (χ3n) is 4.96. The van der Waals surface area contributed by atoms with E-state index in [0.29, 0.717) is 26.2 Å². The minimum absolute atomic E-state index is 0.0282. The molecule has 0 aromatic carbocycles. The zero-order valence-corrected chi connectivity index (χ0v) is 13.1. The van der Waals surface area contributed by atoms with Gasteiger partial charge in [-0.05, 0) is 12.8 Å². The van der Waals surface area contributed by atoms with Crippen LogP contribution in [0.4, 0.5) is 0 Å². The predicted octanol–water partition coefficient (Wildman–Crippen LogP) is -0.214. The standard InChI is InChI=1S/C15H28N4O2/c1-17-13(20)11-18-7-9-19(10-8-18)14(21)15(12-16)5-3-2-4-6-15/h2-12,16H2,1H3,(H,17,20). The molecule has 0 atom stereocenters. The highest BCUT2D eigenvalue weighted by molar-refractivity contribution is 5.83. The second-order valence-electron chi connectivity index (χ2n) is 6.29. The van der Waals surface area contributed by atoms with Crippen molar-refractivity contribution < 1.29 is 9.59 Å². The van der Waals surface area contributed by atoms with Crippen LogP contribution in [0.3, 0.4) is 0 Å². The molecule has 0 aromatic rings. The van der Waals surface area contributed by atoms with Gasteiger partial charge in [0.2, 0.25) is 11.8 Å². The third-order valence-corrected chi connectivity index (χ3v) is 4.96. The minimum atomic E-state index is -0.318. The van der Waals surface area contributed by atoms with Gasteiger partial charge in [-0.15, -0.1) is 0 Å². The van der Waals surface area contributed by atoms with Crippen molar-refractivity contribution in [3.8, 4) is 0 Å². The molecule has 1 saturated heterocycles. The summed E-state index contributed by atoms with van der Waals surface area (Å²) >= 11 is 0. The summed E-state index contributed by atoms with van der Waals surface area (Å²) < 4.78 is 0. The van der Waals surface area contributed by atoms with Crippen LogP contribution in [0.1, 0.15) is 32.1 Å². The molecule has 0 spiro atoms. The topological polar surface area (TPSA) is 78.7 Å². The fraction of sp³-hybridized carbons (Fsp3) is 0.867. The van der Waals surface area contributed by atoms with Gasteiger partial charge in [-0.3, -0.25) is 14.5 Å². The van der Waals surface area contributed by atoms with E-state index in [1.165, 1.54) is 6.42 Å². The number of carbonyl (C=O) groups is 2. The van der Waals surface area contributed by atoms with Crippen LogP contribution >= 0.6 is 0 Å². The van der Waals surface area contributed by atoms with Crippen LogP contribution < -0.4 is 11.1 Å². The van der Waals surface area contributed by atoms with Gasteiger partial charge in [0.1, 0.15) is 0 Å². The SMILES string of the molecule is CNC(=O)CN1CCN(C(=O)C2(CN)CCCCC2)CC1. The Hall–Kier alpha value is -1.14. The first-order valence-electron chi connectivity index (χ1n) is 8.04. The van der Waals surface area contributed by atoms with E-state index in [2.05, 4.69) is 10.2 Å². The van der Waals surface area contributed by atoms with Crippen LogP contribution in [0, 0.1) is 5.41 Å². The molecule has 0 radical (unpaired) electrons. The summed E-state index contributed by atoms with van der Waals surface area (Å²) in [5, 5.41) is 2.64. The summed E-state index contributed by atoms with van der Waals surface area (Å²) in [5.41, 5.74) is 5.63. The molecule has 2 amide bonds. The van der Waals surface area contributed by atoms with Gasteiger partial charge in [0.05, 0.1) is 12.0 Å². The normalized spacial score (nSPS) is 22.9. The highest BCUT2D eigenvalue weighted by atomic mass is 16.2. The van der Waals surface area contributed by atoms with Crippen molar-refractivity contribution in [3.63, 3.8) is 0 Å². The van der Waals surface area contributed by atoms with Gasteiger partial charge in [0, 0.05) is 39.8 Å². The first kappa shape index (κ1) is 16.2. The molecule has 120 valence electrons. The lowest BCUT2D eigenvalue weighted by atomic mass is 9.73. The maximum Gasteiger partial charge on any atom is 0.233 e. The lowest BCUT2D eigenvalue weighted by molar-refractivity contribution is -0.145. The number of carbonyl (C=O) groups excluding carboxylic acids is 2. The maximum atomic E-state index is 12.8. The molecule has 6 nitrogen and oxygen atoms in total. The molecule has 21 heavy (non-hydrogen) atoms. The lowest BCUT2D eigenvalue weighted by Crippen LogP contribution is -2.56. The quantitative estimate of drug-likeness (QED) is 0.752. The number of piperazine rings is 1. The molecule has 0 bridgehead atoms. The summed E-state index contributed by atoms with van der Waals surface area (Å²) in [7, 11) is 1.65. The van der Waals surface area contributed by atoms with Gasteiger partial charge in [-0.2, -0.15) is 0 Å². The Morgan fingerprint density at radius 1 is 1.10 bits per heavy atom. The molecular formula is C15H28N4O2. The van der Waals surface area contributed by atoms with E-state index >= 15 is 0 Å².